The lowest BCUT2D eigenvalue weighted by molar-refractivity contribution is 0.0519. The van der Waals surface area contributed by atoms with Crippen LogP contribution in [0.25, 0.3) is 0 Å². The number of anilines is 1. The van der Waals surface area contributed by atoms with Gasteiger partial charge < -0.3 is 9.15 Å². The number of amides is 1. The van der Waals surface area contributed by atoms with Crippen molar-refractivity contribution in [3.05, 3.63) is 33.3 Å². The molecule has 2 aromatic rings. The minimum absolute atomic E-state index is 0.00126. The molecule has 2 aromatic heterocycles. The van der Waals surface area contributed by atoms with E-state index in [2.05, 4.69) is 10.3 Å². The Bertz CT molecular complexity index is 607. The van der Waals surface area contributed by atoms with E-state index in [0.717, 1.165) is 17.6 Å². The Labute approximate surface area is 117 Å². The topological polar surface area (TPSA) is 81.4 Å². The Morgan fingerprint density at radius 1 is 1.53 bits per heavy atom. The van der Waals surface area contributed by atoms with E-state index >= 15 is 0 Å². The second kappa shape index (κ2) is 5.85. The van der Waals surface area contributed by atoms with Crippen LogP contribution in [0.1, 0.15) is 27.1 Å². The summed E-state index contributed by atoms with van der Waals surface area (Å²) in [5.74, 6) is -1.01. The summed E-state index contributed by atoms with van der Waals surface area (Å²) in [6, 6.07) is 3.12. The van der Waals surface area contributed by atoms with Gasteiger partial charge in [0, 0.05) is 0 Å². The van der Waals surface area contributed by atoms with Crippen molar-refractivity contribution < 1.29 is 18.7 Å². The molecule has 0 atom stereocenters. The van der Waals surface area contributed by atoms with Gasteiger partial charge in [0.1, 0.15) is 6.26 Å². The smallest absolute Gasteiger partial charge is 0.360 e. The van der Waals surface area contributed by atoms with Crippen LogP contribution in [-0.2, 0) is 4.74 Å². The molecular weight excluding hydrogens is 292 g/mol. The third-order valence-corrected chi connectivity index (χ3v) is 3.24. The summed E-state index contributed by atoms with van der Waals surface area (Å²) in [6.07, 6.45) is 1.12. The molecule has 0 spiro atoms. The van der Waals surface area contributed by atoms with Crippen molar-refractivity contribution >= 4 is 40.8 Å². The third-order valence-electron chi connectivity index (χ3n) is 2.01. The summed E-state index contributed by atoms with van der Waals surface area (Å²) in [5.41, 5.74) is 0.00126. The van der Waals surface area contributed by atoms with Crippen molar-refractivity contribution in [2.24, 2.45) is 0 Å². The predicted octanol–water partition coefficient (Wildman–Crippen LogP) is 2.82. The molecular formula is C11H9ClN2O4S. The number of aromatic nitrogens is 1. The molecule has 1 N–H and O–H groups in total. The SMILES string of the molecule is CCOC(=O)c1coc(NC(=O)c2ccc(Cl)s2)n1. The van der Waals surface area contributed by atoms with Crippen molar-refractivity contribution in [1.82, 2.24) is 4.98 Å². The fourth-order valence-electron chi connectivity index (χ4n) is 1.22. The molecule has 19 heavy (non-hydrogen) atoms. The van der Waals surface area contributed by atoms with E-state index in [9.17, 15) is 9.59 Å². The van der Waals surface area contributed by atoms with Gasteiger partial charge in [0.15, 0.2) is 5.69 Å². The maximum Gasteiger partial charge on any atom is 0.360 e. The molecule has 2 rings (SSSR count). The number of oxazole rings is 1. The summed E-state index contributed by atoms with van der Waals surface area (Å²) in [4.78, 5) is 27.3. The van der Waals surface area contributed by atoms with Gasteiger partial charge in [0.2, 0.25) is 0 Å². The van der Waals surface area contributed by atoms with Crippen LogP contribution in [0.3, 0.4) is 0 Å². The summed E-state index contributed by atoms with van der Waals surface area (Å²) < 4.78 is 10.2. The number of esters is 1. The first-order chi connectivity index (χ1) is 9.10. The molecule has 100 valence electrons. The standard InChI is InChI=1S/C11H9ClN2O4S/c1-2-17-10(16)6-5-18-11(13-6)14-9(15)7-3-4-8(12)19-7/h3-5H,2H2,1H3,(H,13,14,15). The molecule has 2 heterocycles. The van der Waals surface area contributed by atoms with E-state index in [1.165, 1.54) is 0 Å². The van der Waals surface area contributed by atoms with E-state index in [1.807, 2.05) is 0 Å². The zero-order valence-corrected chi connectivity index (χ0v) is 11.4. The quantitative estimate of drug-likeness (QED) is 0.878. The lowest BCUT2D eigenvalue weighted by atomic mass is 10.4. The fraction of sp³-hybridized carbons (Fsp3) is 0.182. The maximum atomic E-state index is 11.8. The van der Waals surface area contributed by atoms with Crippen molar-refractivity contribution in [3.8, 4) is 0 Å². The van der Waals surface area contributed by atoms with Crippen molar-refractivity contribution in [3.63, 3.8) is 0 Å². The molecule has 0 saturated heterocycles. The van der Waals surface area contributed by atoms with E-state index in [0.29, 0.717) is 9.21 Å². The van der Waals surface area contributed by atoms with Crippen LogP contribution < -0.4 is 5.32 Å². The number of carbonyl (C=O) groups excluding carboxylic acids is 2. The van der Waals surface area contributed by atoms with Gasteiger partial charge >= 0.3 is 12.0 Å². The Morgan fingerprint density at radius 3 is 2.95 bits per heavy atom. The van der Waals surface area contributed by atoms with Crippen LogP contribution >= 0.6 is 22.9 Å². The fourth-order valence-corrected chi connectivity index (χ4v) is 2.16. The number of nitrogens with one attached hydrogen (secondary N) is 1. The van der Waals surface area contributed by atoms with E-state index in [1.54, 1.807) is 19.1 Å². The van der Waals surface area contributed by atoms with Gasteiger partial charge in [-0.25, -0.2) is 4.79 Å². The lowest BCUT2D eigenvalue weighted by Gasteiger charge is -1.97. The average molecular weight is 301 g/mol. The number of ether oxygens (including phenoxy) is 1. The normalized spacial score (nSPS) is 10.2. The number of halogens is 1. The monoisotopic (exact) mass is 300 g/mol. The summed E-state index contributed by atoms with van der Waals surface area (Å²) in [7, 11) is 0. The highest BCUT2D eigenvalue weighted by Crippen LogP contribution is 2.22. The maximum absolute atomic E-state index is 11.8. The molecule has 0 aliphatic carbocycles. The molecule has 0 aliphatic heterocycles. The molecule has 1 amide bonds. The van der Waals surface area contributed by atoms with Gasteiger partial charge in [-0.05, 0) is 19.1 Å². The highest BCUT2D eigenvalue weighted by atomic mass is 35.5. The molecule has 6 nitrogen and oxygen atoms in total. The second-order valence-corrected chi connectivity index (χ2v) is 5.03. The summed E-state index contributed by atoms with van der Waals surface area (Å²) in [6.45, 7) is 1.92. The number of hydrogen-bond donors (Lipinski definition) is 1. The number of rotatable bonds is 4. The van der Waals surface area contributed by atoms with E-state index in [-0.39, 0.29) is 18.3 Å². The molecule has 0 aliphatic rings. The van der Waals surface area contributed by atoms with Crippen LogP contribution in [0, 0.1) is 0 Å². The number of carbonyl (C=O) groups is 2. The molecule has 0 saturated carbocycles. The Kier molecular flexibility index (Phi) is 4.18. The molecule has 0 unspecified atom stereocenters. The van der Waals surface area contributed by atoms with Gasteiger partial charge in [-0.3, -0.25) is 10.1 Å². The highest BCUT2D eigenvalue weighted by Gasteiger charge is 2.16. The van der Waals surface area contributed by atoms with Crippen LogP contribution in [0.15, 0.2) is 22.8 Å². The Hall–Kier alpha value is -1.86. The largest absolute Gasteiger partial charge is 0.461 e. The minimum Gasteiger partial charge on any atom is -0.461 e. The van der Waals surface area contributed by atoms with Gasteiger partial charge in [0.25, 0.3) is 5.91 Å². The summed E-state index contributed by atoms with van der Waals surface area (Å²) >= 11 is 6.85. The number of hydrogen-bond acceptors (Lipinski definition) is 6. The highest BCUT2D eigenvalue weighted by molar-refractivity contribution is 7.18. The zero-order valence-electron chi connectivity index (χ0n) is 9.81. The molecule has 0 fully saturated rings. The molecule has 0 aromatic carbocycles. The van der Waals surface area contributed by atoms with Crippen LogP contribution in [0.4, 0.5) is 6.01 Å². The predicted molar refractivity (Wildman–Crippen MR) is 69.7 cm³/mol. The van der Waals surface area contributed by atoms with Crippen LogP contribution in [-0.4, -0.2) is 23.5 Å². The molecule has 0 bridgehead atoms. The van der Waals surface area contributed by atoms with Gasteiger partial charge in [0.05, 0.1) is 15.8 Å². The zero-order chi connectivity index (χ0) is 13.8. The van der Waals surface area contributed by atoms with E-state index < -0.39 is 11.9 Å². The Morgan fingerprint density at radius 2 is 2.32 bits per heavy atom. The Balaban J connectivity index is 2.04. The van der Waals surface area contributed by atoms with E-state index in [4.69, 9.17) is 20.8 Å². The van der Waals surface area contributed by atoms with Crippen LogP contribution in [0.2, 0.25) is 4.34 Å². The third kappa shape index (κ3) is 3.33. The first-order valence-corrected chi connectivity index (χ1v) is 6.49. The van der Waals surface area contributed by atoms with Crippen molar-refractivity contribution in [2.45, 2.75) is 6.92 Å². The average Bonchev–Trinajstić information content (AvgIpc) is 2.98. The van der Waals surface area contributed by atoms with Crippen molar-refractivity contribution in [2.75, 3.05) is 11.9 Å². The first-order valence-electron chi connectivity index (χ1n) is 5.29. The first kappa shape index (κ1) is 13.6. The number of nitrogens with zero attached hydrogens (tertiary/aromatic N) is 1. The summed E-state index contributed by atoms with van der Waals surface area (Å²) in [5, 5.41) is 2.42. The van der Waals surface area contributed by atoms with Crippen LogP contribution in [0.5, 0.6) is 0 Å². The minimum atomic E-state index is -0.606. The molecule has 0 radical (unpaired) electrons. The molecule has 8 heteroatoms. The van der Waals surface area contributed by atoms with Gasteiger partial charge in [-0.15, -0.1) is 11.3 Å². The lowest BCUT2D eigenvalue weighted by Crippen LogP contribution is -2.11. The van der Waals surface area contributed by atoms with Crippen molar-refractivity contribution in [1.29, 1.82) is 0 Å². The van der Waals surface area contributed by atoms with Gasteiger partial charge in [-0.2, -0.15) is 4.98 Å². The number of thiophene rings is 1. The van der Waals surface area contributed by atoms with Gasteiger partial charge in [-0.1, -0.05) is 11.6 Å². The second-order valence-electron chi connectivity index (χ2n) is 3.32.